The molecule has 0 aliphatic carbocycles. The van der Waals surface area contributed by atoms with Crippen LogP contribution in [-0.4, -0.2) is 30.0 Å². The molecule has 7 nitrogen and oxygen atoms in total. The average molecular weight is 302 g/mol. The quantitative estimate of drug-likeness (QED) is 0.355. The van der Waals surface area contributed by atoms with E-state index >= 15 is 0 Å². The van der Waals surface area contributed by atoms with Crippen LogP contribution in [0.5, 0.6) is 0 Å². The number of carbonyl (C=O) groups is 1. The molecule has 0 aliphatic rings. The fourth-order valence-electron chi connectivity index (χ4n) is 1.51. The molecule has 0 atom stereocenters. The Labute approximate surface area is 116 Å². The Bertz CT molecular complexity index is 546. The van der Waals surface area contributed by atoms with Crippen molar-refractivity contribution in [3.63, 3.8) is 0 Å². The molecule has 0 unspecified atom stereocenters. The molecule has 0 bridgehead atoms. The summed E-state index contributed by atoms with van der Waals surface area (Å²) in [5, 5.41) is 0. The van der Waals surface area contributed by atoms with Crippen molar-refractivity contribution >= 4 is 19.4 Å². The SMILES string of the molecule is COC=C(C(=O)OC)c1ccccc1COP(=O)(O)O. The first-order chi connectivity index (χ1) is 9.39. The van der Waals surface area contributed by atoms with Crippen molar-refractivity contribution in [3.8, 4) is 0 Å². The van der Waals surface area contributed by atoms with Gasteiger partial charge in [0.15, 0.2) is 0 Å². The fraction of sp³-hybridized carbons (Fsp3) is 0.250. The highest BCUT2D eigenvalue weighted by Gasteiger charge is 2.19. The maximum absolute atomic E-state index is 11.7. The molecule has 0 heterocycles. The normalized spacial score (nSPS) is 12.1. The summed E-state index contributed by atoms with van der Waals surface area (Å²) in [6, 6.07) is 6.50. The van der Waals surface area contributed by atoms with E-state index in [0.717, 1.165) is 0 Å². The minimum absolute atomic E-state index is 0.125. The first kappa shape index (κ1) is 16.4. The molecule has 0 fully saturated rings. The number of carbonyl (C=O) groups excluding carboxylic acids is 1. The van der Waals surface area contributed by atoms with Crippen LogP contribution < -0.4 is 0 Å². The summed E-state index contributed by atoms with van der Waals surface area (Å²) >= 11 is 0. The topological polar surface area (TPSA) is 102 Å². The highest BCUT2D eigenvalue weighted by Crippen LogP contribution is 2.37. The van der Waals surface area contributed by atoms with E-state index < -0.39 is 13.8 Å². The fourth-order valence-corrected chi connectivity index (χ4v) is 1.82. The predicted molar refractivity (Wildman–Crippen MR) is 70.3 cm³/mol. The number of ether oxygens (including phenoxy) is 2. The van der Waals surface area contributed by atoms with Gasteiger partial charge in [0.1, 0.15) is 5.57 Å². The number of esters is 1. The number of hydrogen-bond acceptors (Lipinski definition) is 5. The van der Waals surface area contributed by atoms with Crippen molar-refractivity contribution in [1.82, 2.24) is 0 Å². The van der Waals surface area contributed by atoms with Gasteiger partial charge in [0.05, 0.1) is 27.1 Å². The third kappa shape index (κ3) is 4.79. The Morgan fingerprint density at radius 1 is 1.30 bits per heavy atom. The molecule has 8 heteroatoms. The zero-order chi connectivity index (χ0) is 15.2. The molecule has 110 valence electrons. The molecule has 0 aromatic heterocycles. The van der Waals surface area contributed by atoms with Crippen LogP contribution in [0.15, 0.2) is 30.5 Å². The monoisotopic (exact) mass is 302 g/mol. The molecule has 0 amide bonds. The molecule has 0 radical (unpaired) electrons. The van der Waals surface area contributed by atoms with Gasteiger partial charge in [-0.05, 0) is 11.1 Å². The molecule has 0 saturated carbocycles. The van der Waals surface area contributed by atoms with Gasteiger partial charge in [-0.3, -0.25) is 4.52 Å². The lowest BCUT2D eigenvalue weighted by molar-refractivity contribution is -0.133. The van der Waals surface area contributed by atoms with Gasteiger partial charge in [-0.25, -0.2) is 9.36 Å². The average Bonchev–Trinajstić information content (AvgIpc) is 2.41. The summed E-state index contributed by atoms with van der Waals surface area (Å²) in [5.74, 6) is -0.629. The Hall–Kier alpha value is -1.66. The van der Waals surface area contributed by atoms with E-state index in [1.165, 1.54) is 20.5 Å². The zero-order valence-electron chi connectivity index (χ0n) is 11.0. The van der Waals surface area contributed by atoms with Crippen molar-refractivity contribution in [2.45, 2.75) is 6.61 Å². The van der Waals surface area contributed by atoms with Crippen LogP contribution in [-0.2, 0) is 30.0 Å². The Balaban J connectivity index is 3.13. The molecule has 0 saturated heterocycles. The first-order valence-corrected chi connectivity index (χ1v) is 7.01. The smallest absolute Gasteiger partial charge is 0.469 e. The molecule has 20 heavy (non-hydrogen) atoms. The molecule has 1 rings (SSSR count). The summed E-state index contributed by atoms with van der Waals surface area (Å²) < 4.78 is 24.6. The van der Waals surface area contributed by atoms with Gasteiger partial charge in [0, 0.05) is 0 Å². The second kappa shape index (κ2) is 7.21. The van der Waals surface area contributed by atoms with Crippen LogP contribution in [0.1, 0.15) is 11.1 Å². The lowest BCUT2D eigenvalue weighted by atomic mass is 10.0. The molecule has 0 spiro atoms. The number of benzene rings is 1. The van der Waals surface area contributed by atoms with E-state index in [-0.39, 0.29) is 12.2 Å². The van der Waals surface area contributed by atoms with Gasteiger partial charge in [-0.2, -0.15) is 0 Å². The molecule has 0 aliphatic heterocycles. The van der Waals surface area contributed by atoms with Gasteiger partial charge in [0.2, 0.25) is 0 Å². The summed E-state index contributed by atoms with van der Waals surface area (Å²) in [7, 11) is -2.00. The third-order valence-corrected chi connectivity index (χ3v) is 2.80. The van der Waals surface area contributed by atoms with E-state index in [0.29, 0.717) is 11.1 Å². The van der Waals surface area contributed by atoms with Crippen LogP contribution >= 0.6 is 7.82 Å². The van der Waals surface area contributed by atoms with Crippen molar-refractivity contribution in [1.29, 1.82) is 0 Å². The Morgan fingerprint density at radius 3 is 2.50 bits per heavy atom. The van der Waals surface area contributed by atoms with Gasteiger partial charge in [-0.15, -0.1) is 0 Å². The number of hydrogen-bond donors (Lipinski definition) is 2. The summed E-state index contributed by atoms with van der Waals surface area (Å²) in [6.07, 6.45) is 1.20. The van der Waals surface area contributed by atoms with Gasteiger partial charge < -0.3 is 19.3 Å². The van der Waals surface area contributed by atoms with Gasteiger partial charge in [-0.1, -0.05) is 24.3 Å². The molecule has 2 N–H and O–H groups in total. The lowest BCUT2D eigenvalue weighted by Gasteiger charge is -2.12. The lowest BCUT2D eigenvalue weighted by Crippen LogP contribution is -2.07. The predicted octanol–water partition coefficient (Wildman–Crippen LogP) is 1.46. The first-order valence-electron chi connectivity index (χ1n) is 5.48. The van der Waals surface area contributed by atoms with Gasteiger partial charge in [0.25, 0.3) is 0 Å². The van der Waals surface area contributed by atoms with E-state index in [1.54, 1.807) is 24.3 Å². The van der Waals surface area contributed by atoms with E-state index in [2.05, 4.69) is 9.26 Å². The number of phosphoric acid groups is 1. The third-order valence-electron chi connectivity index (χ3n) is 2.34. The van der Waals surface area contributed by atoms with Crippen molar-refractivity contribution < 1.29 is 33.1 Å². The van der Waals surface area contributed by atoms with Crippen molar-refractivity contribution in [2.75, 3.05) is 14.2 Å². The Morgan fingerprint density at radius 2 is 1.95 bits per heavy atom. The number of rotatable bonds is 6. The number of methoxy groups -OCH3 is 2. The van der Waals surface area contributed by atoms with Gasteiger partial charge >= 0.3 is 13.8 Å². The molecule has 1 aromatic rings. The summed E-state index contributed by atoms with van der Waals surface area (Å²) in [6.45, 7) is -0.349. The van der Waals surface area contributed by atoms with E-state index in [9.17, 15) is 9.36 Å². The van der Waals surface area contributed by atoms with Crippen molar-refractivity contribution in [2.24, 2.45) is 0 Å². The highest BCUT2D eigenvalue weighted by molar-refractivity contribution is 7.46. The second-order valence-electron chi connectivity index (χ2n) is 3.68. The maximum atomic E-state index is 11.7. The second-order valence-corrected chi connectivity index (χ2v) is 4.92. The van der Waals surface area contributed by atoms with Crippen LogP contribution in [0.25, 0.3) is 5.57 Å². The molecular formula is C12H15O7P. The van der Waals surface area contributed by atoms with Crippen LogP contribution in [0, 0.1) is 0 Å². The van der Waals surface area contributed by atoms with E-state index in [1.807, 2.05) is 0 Å². The summed E-state index contributed by atoms with van der Waals surface area (Å²) in [5.41, 5.74) is 0.957. The molecular weight excluding hydrogens is 287 g/mol. The minimum Gasteiger partial charge on any atom is -0.503 e. The number of phosphoric ester groups is 1. The zero-order valence-corrected chi connectivity index (χ0v) is 11.9. The Kier molecular flexibility index (Phi) is 5.91. The van der Waals surface area contributed by atoms with Crippen molar-refractivity contribution in [3.05, 3.63) is 41.7 Å². The largest absolute Gasteiger partial charge is 0.503 e. The van der Waals surface area contributed by atoms with Crippen LogP contribution in [0.3, 0.4) is 0 Å². The van der Waals surface area contributed by atoms with E-state index in [4.69, 9.17) is 14.5 Å². The maximum Gasteiger partial charge on any atom is 0.469 e. The standard InChI is InChI=1S/C12H15O7P/c1-17-8-11(12(13)18-2)10-6-4-3-5-9(10)7-19-20(14,15)16/h3-6,8H,7H2,1-2H3,(H2,14,15,16). The summed E-state index contributed by atoms with van der Waals surface area (Å²) in [4.78, 5) is 29.1. The minimum atomic E-state index is -4.59. The molecule has 1 aromatic carbocycles. The van der Waals surface area contributed by atoms with Crippen LogP contribution in [0.4, 0.5) is 0 Å². The van der Waals surface area contributed by atoms with Crippen LogP contribution in [0.2, 0.25) is 0 Å². The highest BCUT2D eigenvalue weighted by atomic mass is 31.2.